The van der Waals surface area contributed by atoms with Crippen LogP contribution in [0.4, 0.5) is 20.2 Å². The number of rotatable bonds is 3. The van der Waals surface area contributed by atoms with E-state index < -0.39 is 11.6 Å². The van der Waals surface area contributed by atoms with Crippen LogP contribution in [0, 0.1) is 11.6 Å². The first-order valence-electron chi connectivity index (χ1n) is 5.28. The van der Waals surface area contributed by atoms with Gasteiger partial charge in [-0.25, -0.2) is 8.78 Å². The summed E-state index contributed by atoms with van der Waals surface area (Å²) in [5.41, 5.74) is 6.77. The first-order valence-corrected chi connectivity index (χ1v) is 6.07. The summed E-state index contributed by atoms with van der Waals surface area (Å²) in [4.78, 5) is 0.0458. The van der Waals surface area contributed by atoms with Crippen molar-refractivity contribution in [1.29, 1.82) is 0 Å². The molecule has 0 saturated heterocycles. The molecule has 2 nitrogen and oxygen atoms in total. The van der Waals surface area contributed by atoms with Gasteiger partial charge in [0.15, 0.2) is 0 Å². The SMILES string of the molecule is NC(=S)c1cc(F)ccc1Nc1cc(F)cc(Cl)c1. The third-order valence-electron chi connectivity index (χ3n) is 2.39. The van der Waals surface area contributed by atoms with Crippen molar-refractivity contribution < 1.29 is 8.78 Å². The molecular weight excluding hydrogens is 290 g/mol. The van der Waals surface area contributed by atoms with E-state index in [1.165, 1.54) is 36.4 Å². The molecule has 0 bridgehead atoms. The summed E-state index contributed by atoms with van der Waals surface area (Å²) < 4.78 is 26.4. The van der Waals surface area contributed by atoms with Crippen LogP contribution in [0.15, 0.2) is 36.4 Å². The molecule has 0 radical (unpaired) electrons. The van der Waals surface area contributed by atoms with Crippen molar-refractivity contribution >= 4 is 40.2 Å². The average Bonchev–Trinajstić information content (AvgIpc) is 2.30. The van der Waals surface area contributed by atoms with Crippen molar-refractivity contribution in [2.24, 2.45) is 5.73 Å². The summed E-state index contributed by atoms with van der Waals surface area (Å²) in [6.45, 7) is 0. The normalized spacial score (nSPS) is 10.3. The molecule has 0 atom stereocenters. The summed E-state index contributed by atoms with van der Waals surface area (Å²) >= 11 is 10.6. The minimum absolute atomic E-state index is 0.0458. The van der Waals surface area contributed by atoms with Crippen LogP contribution in [0.1, 0.15) is 5.56 Å². The Bertz CT molecular complexity index is 626. The van der Waals surface area contributed by atoms with Gasteiger partial charge in [0.1, 0.15) is 16.6 Å². The van der Waals surface area contributed by atoms with Gasteiger partial charge >= 0.3 is 0 Å². The summed E-state index contributed by atoms with van der Waals surface area (Å²) in [7, 11) is 0. The molecule has 0 spiro atoms. The van der Waals surface area contributed by atoms with Gasteiger partial charge in [0.25, 0.3) is 0 Å². The smallest absolute Gasteiger partial charge is 0.126 e. The van der Waals surface area contributed by atoms with Crippen LogP contribution in [-0.2, 0) is 0 Å². The van der Waals surface area contributed by atoms with Crippen LogP contribution >= 0.6 is 23.8 Å². The minimum Gasteiger partial charge on any atom is -0.389 e. The monoisotopic (exact) mass is 298 g/mol. The number of halogens is 3. The van der Waals surface area contributed by atoms with E-state index in [0.717, 1.165) is 0 Å². The zero-order valence-corrected chi connectivity index (χ0v) is 11.2. The molecule has 0 unspecified atom stereocenters. The molecule has 0 heterocycles. The molecule has 2 rings (SSSR count). The number of nitrogens with two attached hydrogens (primary N) is 1. The molecule has 0 fully saturated rings. The van der Waals surface area contributed by atoms with Gasteiger partial charge in [-0.2, -0.15) is 0 Å². The van der Waals surface area contributed by atoms with E-state index >= 15 is 0 Å². The molecule has 0 aliphatic heterocycles. The maximum atomic E-state index is 13.2. The highest BCUT2D eigenvalue weighted by Crippen LogP contribution is 2.25. The molecule has 0 aliphatic rings. The van der Waals surface area contributed by atoms with E-state index in [1.807, 2.05) is 0 Å². The number of hydrogen-bond acceptors (Lipinski definition) is 2. The Morgan fingerprint density at radius 3 is 2.47 bits per heavy atom. The van der Waals surface area contributed by atoms with Gasteiger partial charge in [-0.05, 0) is 36.4 Å². The third kappa shape index (κ3) is 3.39. The van der Waals surface area contributed by atoms with E-state index in [9.17, 15) is 8.78 Å². The summed E-state index contributed by atoms with van der Waals surface area (Å²) in [6.07, 6.45) is 0. The summed E-state index contributed by atoms with van der Waals surface area (Å²) in [6, 6.07) is 7.93. The molecule has 19 heavy (non-hydrogen) atoms. The fourth-order valence-corrected chi connectivity index (χ4v) is 2.00. The fourth-order valence-electron chi connectivity index (χ4n) is 1.61. The van der Waals surface area contributed by atoms with Gasteiger partial charge < -0.3 is 11.1 Å². The van der Waals surface area contributed by atoms with E-state index in [4.69, 9.17) is 29.6 Å². The number of benzene rings is 2. The quantitative estimate of drug-likeness (QED) is 0.841. The highest BCUT2D eigenvalue weighted by molar-refractivity contribution is 7.80. The standard InChI is InChI=1S/C13H9ClF2N2S/c14-7-3-9(16)5-10(4-7)18-12-2-1-8(15)6-11(12)13(17)19/h1-6,18H,(H2,17,19). The molecule has 0 amide bonds. The molecule has 0 aliphatic carbocycles. The van der Waals surface area contributed by atoms with Crippen molar-refractivity contribution in [3.8, 4) is 0 Å². The molecule has 98 valence electrons. The largest absolute Gasteiger partial charge is 0.389 e. The van der Waals surface area contributed by atoms with Gasteiger partial charge in [-0.3, -0.25) is 0 Å². The van der Waals surface area contributed by atoms with Gasteiger partial charge in [0.05, 0.1) is 0 Å². The number of hydrogen-bond donors (Lipinski definition) is 2. The van der Waals surface area contributed by atoms with Crippen LogP contribution in [0.5, 0.6) is 0 Å². The highest BCUT2D eigenvalue weighted by atomic mass is 35.5. The Morgan fingerprint density at radius 2 is 1.84 bits per heavy atom. The zero-order chi connectivity index (χ0) is 14.0. The van der Waals surface area contributed by atoms with Crippen molar-refractivity contribution in [3.05, 3.63) is 58.6 Å². The number of thiocarbonyl (C=S) groups is 1. The predicted octanol–water partition coefficient (Wildman–Crippen LogP) is 4.00. The molecule has 6 heteroatoms. The molecule has 0 aromatic heterocycles. The van der Waals surface area contributed by atoms with Crippen molar-refractivity contribution in [2.75, 3.05) is 5.32 Å². The Hall–Kier alpha value is -1.72. The first kappa shape index (κ1) is 13.7. The van der Waals surface area contributed by atoms with Gasteiger partial charge in [0.2, 0.25) is 0 Å². The second-order valence-corrected chi connectivity index (χ2v) is 4.71. The van der Waals surface area contributed by atoms with E-state index in [0.29, 0.717) is 16.9 Å². The Labute approximate surface area is 119 Å². The van der Waals surface area contributed by atoms with Gasteiger partial charge in [-0.15, -0.1) is 0 Å². The second kappa shape index (κ2) is 5.50. The Morgan fingerprint density at radius 1 is 1.11 bits per heavy atom. The summed E-state index contributed by atoms with van der Waals surface area (Å²) in [5.74, 6) is -0.931. The molecule has 0 saturated carbocycles. The lowest BCUT2D eigenvalue weighted by Gasteiger charge is -2.11. The van der Waals surface area contributed by atoms with Gasteiger partial charge in [0, 0.05) is 22.0 Å². The Kier molecular flexibility index (Phi) is 3.97. The predicted molar refractivity (Wildman–Crippen MR) is 77.0 cm³/mol. The van der Waals surface area contributed by atoms with E-state index in [-0.39, 0.29) is 10.0 Å². The topological polar surface area (TPSA) is 38.0 Å². The van der Waals surface area contributed by atoms with Crippen LogP contribution in [-0.4, -0.2) is 4.99 Å². The summed E-state index contributed by atoms with van der Waals surface area (Å²) in [5, 5.41) is 3.16. The second-order valence-electron chi connectivity index (χ2n) is 3.84. The minimum atomic E-state index is -0.478. The maximum Gasteiger partial charge on any atom is 0.126 e. The van der Waals surface area contributed by atoms with Crippen LogP contribution in [0.2, 0.25) is 5.02 Å². The van der Waals surface area contributed by atoms with Crippen molar-refractivity contribution in [3.63, 3.8) is 0 Å². The molecule has 3 N–H and O–H groups in total. The van der Waals surface area contributed by atoms with Crippen molar-refractivity contribution in [1.82, 2.24) is 0 Å². The third-order valence-corrected chi connectivity index (χ3v) is 2.83. The lowest BCUT2D eigenvalue weighted by molar-refractivity contribution is 0.627. The number of anilines is 2. The highest BCUT2D eigenvalue weighted by Gasteiger charge is 2.08. The molecule has 2 aromatic rings. The van der Waals surface area contributed by atoms with E-state index in [2.05, 4.69) is 5.32 Å². The molecular formula is C13H9ClF2N2S. The van der Waals surface area contributed by atoms with Gasteiger partial charge in [-0.1, -0.05) is 23.8 Å². The van der Waals surface area contributed by atoms with Crippen LogP contribution in [0.3, 0.4) is 0 Å². The maximum absolute atomic E-state index is 13.2. The van der Waals surface area contributed by atoms with E-state index in [1.54, 1.807) is 0 Å². The average molecular weight is 299 g/mol. The Balaban J connectivity index is 2.40. The zero-order valence-electron chi connectivity index (χ0n) is 9.58. The van der Waals surface area contributed by atoms with Crippen LogP contribution in [0.25, 0.3) is 0 Å². The fraction of sp³-hybridized carbons (Fsp3) is 0. The molecule has 2 aromatic carbocycles. The lowest BCUT2D eigenvalue weighted by Crippen LogP contribution is -2.12. The number of nitrogens with one attached hydrogen (secondary N) is 1. The first-order chi connectivity index (χ1) is 8.95. The van der Waals surface area contributed by atoms with Crippen molar-refractivity contribution in [2.45, 2.75) is 0 Å². The lowest BCUT2D eigenvalue weighted by atomic mass is 10.1. The van der Waals surface area contributed by atoms with Crippen LogP contribution < -0.4 is 11.1 Å².